The van der Waals surface area contributed by atoms with Gasteiger partial charge in [-0.15, -0.1) is 0 Å². The number of hydrogen-bond acceptors (Lipinski definition) is 5. The lowest BCUT2D eigenvalue weighted by Crippen LogP contribution is -2.29. The first-order chi connectivity index (χ1) is 13.6. The van der Waals surface area contributed by atoms with Crippen molar-refractivity contribution in [2.45, 2.75) is 25.7 Å². The Kier molecular flexibility index (Phi) is 5.26. The summed E-state index contributed by atoms with van der Waals surface area (Å²) in [4.78, 5) is 11.2. The number of rotatable bonds is 4. The van der Waals surface area contributed by atoms with Gasteiger partial charge in [0.25, 0.3) is 0 Å². The Labute approximate surface area is 166 Å². The van der Waals surface area contributed by atoms with Crippen molar-refractivity contribution in [1.29, 1.82) is 0 Å². The highest BCUT2D eigenvalue weighted by atomic mass is 16.5. The molecule has 144 valence electrons. The first kappa shape index (κ1) is 18.4. The summed E-state index contributed by atoms with van der Waals surface area (Å²) in [7, 11) is 2.20. The van der Waals surface area contributed by atoms with Crippen molar-refractivity contribution >= 4 is 5.82 Å². The van der Waals surface area contributed by atoms with E-state index in [9.17, 15) is 0 Å². The van der Waals surface area contributed by atoms with E-state index >= 15 is 0 Å². The minimum absolute atomic E-state index is 0.491. The lowest BCUT2D eigenvalue weighted by Gasteiger charge is -2.29. The van der Waals surface area contributed by atoms with Crippen LogP contribution in [0.25, 0.3) is 11.3 Å². The Morgan fingerprint density at radius 3 is 2.50 bits per heavy atom. The molecule has 0 aliphatic carbocycles. The van der Waals surface area contributed by atoms with E-state index in [0.717, 1.165) is 22.7 Å². The Morgan fingerprint density at radius 2 is 1.79 bits per heavy atom. The molecule has 2 aromatic heterocycles. The van der Waals surface area contributed by atoms with E-state index in [2.05, 4.69) is 46.2 Å². The van der Waals surface area contributed by atoms with Crippen LogP contribution in [0.5, 0.6) is 11.5 Å². The summed E-state index contributed by atoms with van der Waals surface area (Å²) < 4.78 is 5.99. The van der Waals surface area contributed by atoms with Crippen molar-refractivity contribution in [2.75, 3.05) is 25.9 Å². The number of likely N-dealkylation sites (tertiary alicyclic amines) is 1. The highest BCUT2D eigenvalue weighted by molar-refractivity contribution is 5.61. The third-order valence-corrected chi connectivity index (χ3v) is 5.41. The Hall–Kier alpha value is -2.92. The molecule has 0 amide bonds. The SMILES string of the molecule is Cc1nc(N)ccc1Oc1ccnc(-c2ccc(C3CCN(C)CC3)cc2)c1. The largest absolute Gasteiger partial charge is 0.455 e. The normalized spacial score (nSPS) is 15.5. The van der Waals surface area contributed by atoms with Gasteiger partial charge in [0, 0.05) is 17.8 Å². The molecule has 1 saturated heterocycles. The fourth-order valence-electron chi connectivity index (χ4n) is 3.70. The number of nitrogens with zero attached hydrogens (tertiary/aromatic N) is 3. The topological polar surface area (TPSA) is 64.3 Å². The summed E-state index contributed by atoms with van der Waals surface area (Å²) in [6, 6.07) is 16.2. The van der Waals surface area contributed by atoms with E-state index in [4.69, 9.17) is 10.5 Å². The van der Waals surface area contributed by atoms with Gasteiger partial charge in [0.1, 0.15) is 17.3 Å². The summed E-state index contributed by atoms with van der Waals surface area (Å²) in [5, 5.41) is 0. The molecule has 0 atom stereocenters. The summed E-state index contributed by atoms with van der Waals surface area (Å²) in [6.07, 6.45) is 4.23. The number of aryl methyl sites for hydroxylation is 1. The molecule has 28 heavy (non-hydrogen) atoms. The lowest BCUT2D eigenvalue weighted by atomic mass is 9.89. The maximum atomic E-state index is 5.99. The van der Waals surface area contributed by atoms with Crippen LogP contribution in [0, 0.1) is 6.92 Å². The number of pyridine rings is 2. The maximum Gasteiger partial charge on any atom is 0.148 e. The third-order valence-electron chi connectivity index (χ3n) is 5.41. The molecular weight excluding hydrogens is 348 g/mol. The van der Waals surface area contributed by atoms with Crippen LogP contribution in [-0.4, -0.2) is 35.0 Å². The van der Waals surface area contributed by atoms with Crippen LogP contribution >= 0.6 is 0 Å². The number of anilines is 1. The van der Waals surface area contributed by atoms with Gasteiger partial charge in [-0.3, -0.25) is 4.98 Å². The van der Waals surface area contributed by atoms with Crippen LogP contribution in [-0.2, 0) is 0 Å². The van der Waals surface area contributed by atoms with E-state index in [1.165, 1.54) is 31.5 Å². The van der Waals surface area contributed by atoms with Crippen molar-refractivity contribution in [3.63, 3.8) is 0 Å². The van der Waals surface area contributed by atoms with Gasteiger partial charge >= 0.3 is 0 Å². The van der Waals surface area contributed by atoms with Gasteiger partial charge in [-0.05, 0) is 69.6 Å². The molecule has 2 N–H and O–H groups in total. The second-order valence-corrected chi connectivity index (χ2v) is 7.50. The predicted molar refractivity (Wildman–Crippen MR) is 113 cm³/mol. The van der Waals surface area contributed by atoms with Gasteiger partial charge in [-0.2, -0.15) is 0 Å². The summed E-state index contributed by atoms with van der Waals surface area (Å²) in [5.41, 5.74) is 9.89. The smallest absolute Gasteiger partial charge is 0.148 e. The van der Waals surface area contributed by atoms with E-state index in [1.807, 2.05) is 25.1 Å². The number of nitrogens with two attached hydrogens (primary N) is 1. The average molecular weight is 374 g/mol. The quantitative estimate of drug-likeness (QED) is 0.721. The van der Waals surface area contributed by atoms with Crippen LogP contribution in [0.4, 0.5) is 5.82 Å². The monoisotopic (exact) mass is 374 g/mol. The van der Waals surface area contributed by atoms with E-state index in [1.54, 1.807) is 12.3 Å². The highest BCUT2D eigenvalue weighted by Crippen LogP contribution is 2.31. The number of benzene rings is 1. The molecule has 0 radical (unpaired) electrons. The maximum absolute atomic E-state index is 5.99. The summed E-state index contributed by atoms with van der Waals surface area (Å²) in [6.45, 7) is 4.23. The number of aromatic nitrogens is 2. The standard InChI is InChI=1S/C23H26N4O/c1-16-22(7-8-23(24)26-16)28-20-9-12-25-21(15-20)19-5-3-17(4-6-19)18-10-13-27(2)14-11-18/h3-9,12,15,18H,10-11,13-14H2,1-2H3,(H2,24,26). The van der Waals surface area contributed by atoms with Gasteiger partial charge in [0.15, 0.2) is 0 Å². The van der Waals surface area contributed by atoms with Crippen LogP contribution in [0.1, 0.15) is 30.0 Å². The molecule has 5 nitrogen and oxygen atoms in total. The molecule has 3 aromatic rings. The third kappa shape index (κ3) is 4.15. The fraction of sp³-hybridized carbons (Fsp3) is 0.304. The van der Waals surface area contributed by atoms with E-state index < -0.39 is 0 Å². The lowest BCUT2D eigenvalue weighted by molar-refractivity contribution is 0.255. The fourth-order valence-corrected chi connectivity index (χ4v) is 3.70. The molecule has 0 unspecified atom stereocenters. The highest BCUT2D eigenvalue weighted by Gasteiger charge is 2.18. The average Bonchev–Trinajstić information content (AvgIpc) is 2.71. The first-order valence-electron chi connectivity index (χ1n) is 9.74. The molecule has 0 saturated carbocycles. The molecular formula is C23H26N4O. The zero-order valence-corrected chi connectivity index (χ0v) is 16.4. The van der Waals surface area contributed by atoms with Gasteiger partial charge in [-0.1, -0.05) is 24.3 Å². The van der Waals surface area contributed by atoms with Crippen molar-refractivity contribution in [3.8, 4) is 22.8 Å². The summed E-state index contributed by atoms with van der Waals surface area (Å²) >= 11 is 0. The zero-order valence-electron chi connectivity index (χ0n) is 16.4. The van der Waals surface area contributed by atoms with Crippen molar-refractivity contribution in [1.82, 2.24) is 14.9 Å². The predicted octanol–water partition coefficient (Wildman–Crippen LogP) is 4.64. The number of piperidine rings is 1. The van der Waals surface area contributed by atoms with Crippen LogP contribution in [0.15, 0.2) is 54.7 Å². The van der Waals surface area contributed by atoms with E-state index in [-0.39, 0.29) is 0 Å². The molecule has 1 fully saturated rings. The Bertz CT molecular complexity index is 947. The molecule has 1 aliphatic rings. The van der Waals surface area contributed by atoms with Crippen molar-refractivity contribution in [3.05, 3.63) is 66.0 Å². The van der Waals surface area contributed by atoms with Crippen LogP contribution in [0.2, 0.25) is 0 Å². The molecule has 3 heterocycles. The number of nitrogen functional groups attached to an aromatic ring is 1. The van der Waals surface area contributed by atoms with E-state index in [0.29, 0.717) is 17.5 Å². The second kappa shape index (κ2) is 7.98. The minimum atomic E-state index is 0.491. The second-order valence-electron chi connectivity index (χ2n) is 7.50. The molecule has 0 bridgehead atoms. The van der Waals surface area contributed by atoms with Gasteiger partial charge in [0.05, 0.1) is 11.4 Å². The first-order valence-corrected chi connectivity index (χ1v) is 9.74. The number of hydrogen-bond donors (Lipinski definition) is 1. The number of ether oxygens (including phenoxy) is 1. The Morgan fingerprint density at radius 1 is 1.04 bits per heavy atom. The molecule has 1 aliphatic heterocycles. The minimum Gasteiger partial charge on any atom is -0.455 e. The molecule has 4 rings (SSSR count). The molecule has 1 aromatic carbocycles. The van der Waals surface area contributed by atoms with Crippen LogP contribution in [0.3, 0.4) is 0 Å². The van der Waals surface area contributed by atoms with Gasteiger partial charge in [0.2, 0.25) is 0 Å². The molecule has 0 spiro atoms. The van der Waals surface area contributed by atoms with Crippen LogP contribution < -0.4 is 10.5 Å². The zero-order chi connectivity index (χ0) is 19.5. The van der Waals surface area contributed by atoms with Crippen molar-refractivity contribution in [2.24, 2.45) is 0 Å². The molecule has 5 heteroatoms. The Balaban J connectivity index is 1.51. The van der Waals surface area contributed by atoms with Gasteiger partial charge in [-0.25, -0.2) is 4.98 Å². The van der Waals surface area contributed by atoms with Crippen molar-refractivity contribution < 1.29 is 4.74 Å². The summed E-state index contributed by atoms with van der Waals surface area (Å²) in [5.74, 6) is 2.59. The van der Waals surface area contributed by atoms with Gasteiger partial charge < -0.3 is 15.4 Å².